The summed E-state index contributed by atoms with van der Waals surface area (Å²) in [4.78, 5) is 4.37. The summed E-state index contributed by atoms with van der Waals surface area (Å²) in [5.41, 5.74) is 1.90. The molecular weight excluding hydrogens is 256 g/mol. The van der Waals surface area contributed by atoms with Crippen molar-refractivity contribution in [3.05, 3.63) is 35.7 Å². The van der Waals surface area contributed by atoms with Crippen LogP contribution in [0.25, 0.3) is 0 Å². The molecule has 2 aromatic heterocycles. The quantitative estimate of drug-likeness (QED) is 0.798. The van der Waals surface area contributed by atoms with E-state index in [0.717, 1.165) is 30.2 Å². The van der Waals surface area contributed by atoms with Crippen LogP contribution in [0.2, 0.25) is 0 Å². The monoisotopic (exact) mass is 278 g/mol. The van der Waals surface area contributed by atoms with Crippen molar-refractivity contribution in [2.75, 3.05) is 13.7 Å². The predicted molar refractivity (Wildman–Crippen MR) is 75.1 cm³/mol. The normalized spacial score (nSPS) is 11.4. The van der Waals surface area contributed by atoms with Crippen LogP contribution in [-0.4, -0.2) is 28.4 Å². The minimum absolute atomic E-state index is 0.446. The maximum Gasteiger partial charge on any atom is 0.162 e. The third-order valence-electron chi connectivity index (χ3n) is 2.78. The maximum absolute atomic E-state index is 5.15. The van der Waals surface area contributed by atoms with E-state index < -0.39 is 0 Å². The fraction of sp³-hybridized carbons (Fsp3) is 0.571. The molecule has 0 bridgehead atoms. The molecule has 0 aliphatic carbocycles. The molecule has 6 heteroatoms. The minimum atomic E-state index is 0.446. The van der Waals surface area contributed by atoms with E-state index in [-0.39, 0.29) is 0 Å². The lowest BCUT2D eigenvalue weighted by molar-refractivity contribution is 0.155. The molecule has 20 heavy (non-hydrogen) atoms. The molecule has 0 saturated carbocycles. The Hall–Kier alpha value is -1.66. The number of hydrogen-bond acceptors (Lipinski definition) is 5. The Kier molecular flexibility index (Phi) is 5.31. The van der Waals surface area contributed by atoms with Crippen molar-refractivity contribution in [1.29, 1.82) is 0 Å². The number of ether oxygens (including phenoxy) is 1. The Balaban J connectivity index is 1.85. The van der Waals surface area contributed by atoms with Crippen LogP contribution >= 0.6 is 0 Å². The van der Waals surface area contributed by atoms with Gasteiger partial charge < -0.3 is 19.1 Å². The van der Waals surface area contributed by atoms with E-state index in [4.69, 9.17) is 9.26 Å². The topological polar surface area (TPSA) is 65.1 Å². The minimum Gasteiger partial charge on any atom is -0.377 e. The van der Waals surface area contributed by atoms with Crippen molar-refractivity contribution >= 4 is 0 Å². The van der Waals surface area contributed by atoms with Crippen LogP contribution in [0.1, 0.15) is 31.0 Å². The summed E-state index contributed by atoms with van der Waals surface area (Å²) in [5, 5.41) is 7.38. The Morgan fingerprint density at radius 3 is 3.00 bits per heavy atom. The SMILES string of the molecule is COCc1cc(Cn2cnc(CNCC(C)C)c2)no1. The van der Waals surface area contributed by atoms with E-state index >= 15 is 0 Å². The molecule has 0 atom stereocenters. The van der Waals surface area contributed by atoms with E-state index in [1.165, 1.54) is 0 Å². The first-order valence-electron chi connectivity index (χ1n) is 6.82. The summed E-state index contributed by atoms with van der Waals surface area (Å²) < 4.78 is 12.2. The Bertz CT molecular complexity index is 519. The lowest BCUT2D eigenvalue weighted by atomic mass is 10.2. The second kappa shape index (κ2) is 7.21. The Labute approximate surface area is 119 Å². The van der Waals surface area contributed by atoms with Crippen molar-refractivity contribution in [2.45, 2.75) is 33.5 Å². The molecule has 0 fully saturated rings. The molecule has 2 heterocycles. The number of aromatic nitrogens is 3. The fourth-order valence-electron chi connectivity index (χ4n) is 1.90. The second-order valence-corrected chi connectivity index (χ2v) is 5.28. The van der Waals surface area contributed by atoms with E-state index in [2.05, 4.69) is 29.3 Å². The first kappa shape index (κ1) is 14.7. The number of nitrogens with zero attached hydrogens (tertiary/aromatic N) is 3. The number of imidazole rings is 1. The summed E-state index contributed by atoms with van der Waals surface area (Å²) in [6, 6.07) is 1.90. The average Bonchev–Trinajstić information content (AvgIpc) is 3.00. The van der Waals surface area contributed by atoms with Crippen LogP contribution in [0.3, 0.4) is 0 Å². The number of rotatable bonds is 8. The molecule has 0 aliphatic rings. The molecule has 0 radical (unpaired) electrons. The zero-order valence-corrected chi connectivity index (χ0v) is 12.3. The van der Waals surface area contributed by atoms with E-state index in [9.17, 15) is 0 Å². The lowest BCUT2D eigenvalue weighted by Gasteiger charge is -2.04. The molecule has 1 N–H and O–H groups in total. The van der Waals surface area contributed by atoms with E-state index in [0.29, 0.717) is 19.1 Å². The van der Waals surface area contributed by atoms with Crippen LogP contribution in [0.4, 0.5) is 0 Å². The highest BCUT2D eigenvalue weighted by Gasteiger charge is 2.06. The van der Waals surface area contributed by atoms with Gasteiger partial charge in [0, 0.05) is 25.9 Å². The summed E-state index contributed by atoms with van der Waals surface area (Å²) in [7, 11) is 1.63. The van der Waals surface area contributed by atoms with Gasteiger partial charge in [-0.2, -0.15) is 0 Å². The lowest BCUT2D eigenvalue weighted by Crippen LogP contribution is -2.19. The van der Waals surface area contributed by atoms with Crippen LogP contribution < -0.4 is 5.32 Å². The van der Waals surface area contributed by atoms with Gasteiger partial charge in [0.1, 0.15) is 12.3 Å². The van der Waals surface area contributed by atoms with Gasteiger partial charge in [-0.15, -0.1) is 0 Å². The van der Waals surface area contributed by atoms with Gasteiger partial charge in [-0.25, -0.2) is 4.98 Å². The predicted octanol–water partition coefficient (Wildman–Crippen LogP) is 1.81. The Morgan fingerprint density at radius 2 is 2.25 bits per heavy atom. The molecule has 0 amide bonds. The van der Waals surface area contributed by atoms with Crippen molar-refractivity contribution in [2.24, 2.45) is 5.92 Å². The van der Waals surface area contributed by atoms with Gasteiger partial charge in [0.05, 0.1) is 18.6 Å². The van der Waals surface area contributed by atoms with Crippen molar-refractivity contribution < 1.29 is 9.26 Å². The zero-order chi connectivity index (χ0) is 14.4. The molecule has 2 rings (SSSR count). The highest BCUT2D eigenvalue weighted by Crippen LogP contribution is 2.07. The number of nitrogens with one attached hydrogen (secondary N) is 1. The Morgan fingerprint density at radius 1 is 1.40 bits per heavy atom. The molecule has 0 spiro atoms. The van der Waals surface area contributed by atoms with Gasteiger partial charge in [0.2, 0.25) is 0 Å². The van der Waals surface area contributed by atoms with Gasteiger partial charge >= 0.3 is 0 Å². The number of hydrogen-bond donors (Lipinski definition) is 1. The van der Waals surface area contributed by atoms with Gasteiger partial charge in [-0.1, -0.05) is 19.0 Å². The van der Waals surface area contributed by atoms with Gasteiger partial charge in [0.15, 0.2) is 5.76 Å². The zero-order valence-electron chi connectivity index (χ0n) is 12.3. The third kappa shape index (κ3) is 4.47. The maximum atomic E-state index is 5.15. The summed E-state index contributed by atoms with van der Waals surface area (Å²) in [6.45, 7) is 7.27. The van der Waals surface area contributed by atoms with Crippen LogP contribution in [0, 0.1) is 5.92 Å². The molecule has 6 nitrogen and oxygen atoms in total. The average molecular weight is 278 g/mol. The van der Waals surface area contributed by atoms with Crippen LogP contribution in [0.15, 0.2) is 23.1 Å². The largest absolute Gasteiger partial charge is 0.377 e. The van der Waals surface area contributed by atoms with Gasteiger partial charge in [0.25, 0.3) is 0 Å². The van der Waals surface area contributed by atoms with Gasteiger partial charge in [-0.3, -0.25) is 0 Å². The molecule has 0 aliphatic heterocycles. The van der Waals surface area contributed by atoms with Crippen molar-refractivity contribution in [1.82, 2.24) is 20.0 Å². The van der Waals surface area contributed by atoms with Crippen molar-refractivity contribution in [3.8, 4) is 0 Å². The smallest absolute Gasteiger partial charge is 0.162 e. The van der Waals surface area contributed by atoms with Crippen LogP contribution in [0.5, 0.6) is 0 Å². The first-order valence-corrected chi connectivity index (χ1v) is 6.82. The molecule has 110 valence electrons. The molecule has 0 unspecified atom stereocenters. The van der Waals surface area contributed by atoms with Gasteiger partial charge in [-0.05, 0) is 12.5 Å². The summed E-state index contributed by atoms with van der Waals surface area (Å²) in [5.74, 6) is 1.38. The number of methoxy groups -OCH3 is 1. The first-order chi connectivity index (χ1) is 9.67. The van der Waals surface area contributed by atoms with E-state index in [1.807, 2.05) is 23.2 Å². The molecule has 0 saturated heterocycles. The molecule has 2 aromatic rings. The van der Waals surface area contributed by atoms with E-state index in [1.54, 1.807) is 7.11 Å². The van der Waals surface area contributed by atoms with Crippen molar-refractivity contribution in [3.63, 3.8) is 0 Å². The summed E-state index contributed by atoms with van der Waals surface area (Å²) >= 11 is 0. The summed E-state index contributed by atoms with van der Waals surface area (Å²) in [6.07, 6.45) is 3.84. The highest BCUT2D eigenvalue weighted by atomic mass is 16.5. The fourth-order valence-corrected chi connectivity index (χ4v) is 1.90. The highest BCUT2D eigenvalue weighted by molar-refractivity contribution is 5.06. The standard InChI is InChI=1S/C14H22N4O2/c1-11(2)5-15-6-13-8-18(10-16-13)7-12-4-14(9-19-3)20-17-12/h4,8,10-11,15H,5-7,9H2,1-3H3. The van der Waals surface area contributed by atoms with Crippen LogP contribution in [-0.2, 0) is 24.4 Å². The molecule has 0 aromatic carbocycles. The third-order valence-corrected chi connectivity index (χ3v) is 2.78. The molecular formula is C14H22N4O2. The second-order valence-electron chi connectivity index (χ2n) is 5.28.